The van der Waals surface area contributed by atoms with Crippen LogP contribution in [-0.4, -0.2) is 34.2 Å². The predicted molar refractivity (Wildman–Crippen MR) is 64.2 cm³/mol. The molecule has 0 saturated carbocycles. The first kappa shape index (κ1) is 12.5. The van der Waals surface area contributed by atoms with Crippen molar-refractivity contribution in [3.05, 3.63) is 29.6 Å². The summed E-state index contributed by atoms with van der Waals surface area (Å²) in [6.45, 7) is 8.20. The lowest BCUT2D eigenvalue weighted by Gasteiger charge is -2.14. The van der Waals surface area contributed by atoms with Gasteiger partial charge >= 0.3 is 0 Å². The Morgan fingerprint density at radius 2 is 2.19 bits per heavy atom. The molecule has 0 bridgehead atoms. The zero-order valence-corrected chi connectivity index (χ0v) is 10.4. The van der Waals surface area contributed by atoms with E-state index in [1.54, 1.807) is 11.9 Å². The van der Waals surface area contributed by atoms with Gasteiger partial charge in [-0.2, -0.15) is 5.10 Å². The van der Waals surface area contributed by atoms with Gasteiger partial charge in [-0.3, -0.25) is 9.48 Å². The van der Waals surface area contributed by atoms with Gasteiger partial charge in [-0.05, 0) is 31.9 Å². The Kier molecular flexibility index (Phi) is 3.88. The van der Waals surface area contributed by atoms with Crippen LogP contribution >= 0.6 is 0 Å². The quantitative estimate of drug-likeness (QED) is 0.717. The van der Waals surface area contributed by atoms with E-state index in [0.717, 1.165) is 17.8 Å². The SMILES string of the molecule is C=CC(=O)N(C)CCc1c(C)nn(C)c1C. The normalized spacial score (nSPS) is 10.2. The van der Waals surface area contributed by atoms with E-state index in [1.165, 1.54) is 11.6 Å². The molecule has 1 aromatic heterocycles. The van der Waals surface area contributed by atoms with E-state index in [9.17, 15) is 4.79 Å². The van der Waals surface area contributed by atoms with Crippen LogP contribution in [0.4, 0.5) is 0 Å². The second kappa shape index (κ2) is 4.96. The molecule has 4 nitrogen and oxygen atoms in total. The van der Waals surface area contributed by atoms with E-state index < -0.39 is 0 Å². The Morgan fingerprint density at radius 3 is 2.62 bits per heavy atom. The number of carbonyl (C=O) groups is 1. The van der Waals surface area contributed by atoms with Gasteiger partial charge in [0.1, 0.15) is 0 Å². The van der Waals surface area contributed by atoms with Crippen LogP contribution < -0.4 is 0 Å². The molecule has 0 N–H and O–H groups in total. The van der Waals surface area contributed by atoms with Crippen LogP contribution in [0.5, 0.6) is 0 Å². The standard InChI is InChI=1S/C12H19N3O/c1-6-12(16)14(4)8-7-11-9(2)13-15(5)10(11)3/h6H,1,7-8H2,2-5H3. The number of hydrogen-bond donors (Lipinski definition) is 0. The predicted octanol–water partition coefficient (Wildman–Crippen LogP) is 1.22. The lowest BCUT2D eigenvalue weighted by Crippen LogP contribution is -2.27. The first-order chi connectivity index (χ1) is 7.47. The summed E-state index contributed by atoms with van der Waals surface area (Å²) in [5.41, 5.74) is 3.43. The molecule has 0 saturated heterocycles. The Hall–Kier alpha value is -1.58. The largest absolute Gasteiger partial charge is 0.342 e. The van der Waals surface area contributed by atoms with Gasteiger partial charge in [-0.15, -0.1) is 0 Å². The van der Waals surface area contributed by atoms with Crippen LogP contribution in [-0.2, 0) is 18.3 Å². The molecule has 1 rings (SSSR count). The summed E-state index contributed by atoms with van der Waals surface area (Å²) in [5.74, 6) is -0.0424. The minimum atomic E-state index is -0.0424. The number of amides is 1. The lowest BCUT2D eigenvalue weighted by atomic mass is 10.1. The van der Waals surface area contributed by atoms with Crippen molar-refractivity contribution < 1.29 is 4.79 Å². The fourth-order valence-corrected chi connectivity index (χ4v) is 1.72. The third kappa shape index (κ3) is 2.51. The maximum Gasteiger partial charge on any atom is 0.245 e. The van der Waals surface area contributed by atoms with Crippen molar-refractivity contribution in [2.75, 3.05) is 13.6 Å². The molecule has 0 fully saturated rings. The molecule has 0 radical (unpaired) electrons. The molecule has 0 aromatic carbocycles. The van der Waals surface area contributed by atoms with Crippen LogP contribution in [0.3, 0.4) is 0 Å². The van der Waals surface area contributed by atoms with E-state index in [1.807, 2.05) is 25.6 Å². The van der Waals surface area contributed by atoms with Gasteiger partial charge in [0.25, 0.3) is 0 Å². The summed E-state index contributed by atoms with van der Waals surface area (Å²) in [7, 11) is 3.72. The second-order valence-electron chi connectivity index (χ2n) is 3.99. The molecule has 0 atom stereocenters. The minimum Gasteiger partial charge on any atom is -0.342 e. The third-order valence-electron chi connectivity index (χ3n) is 2.91. The number of nitrogens with zero attached hydrogens (tertiary/aromatic N) is 3. The van der Waals surface area contributed by atoms with E-state index in [0.29, 0.717) is 6.54 Å². The maximum atomic E-state index is 11.3. The number of aromatic nitrogens is 2. The smallest absolute Gasteiger partial charge is 0.245 e. The highest BCUT2D eigenvalue weighted by molar-refractivity contribution is 5.86. The highest BCUT2D eigenvalue weighted by Gasteiger charge is 2.11. The van der Waals surface area contributed by atoms with Crippen molar-refractivity contribution in [3.8, 4) is 0 Å². The molecular formula is C12H19N3O. The minimum absolute atomic E-state index is 0.0424. The number of hydrogen-bond acceptors (Lipinski definition) is 2. The Labute approximate surface area is 96.6 Å². The molecule has 1 heterocycles. The fraction of sp³-hybridized carbons (Fsp3) is 0.500. The molecule has 0 aliphatic heterocycles. The second-order valence-corrected chi connectivity index (χ2v) is 3.99. The molecular weight excluding hydrogens is 202 g/mol. The number of rotatable bonds is 4. The fourth-order valence-electron chi connectivity index (χ4n) is 1.72. The van der Waals surface area contributed by atoms with Crippen molar-refractivity contribution in [1.29, 1.82) is 0 Å². The molecule has 1 aromatic rings. The van der Waals surface area contributed by atoms with Crippen molar-refractivity contribution in [2.45, 2.75) is 20.3 Å². The molecule has 0 aliphatic rings. The molecule has 0 spiro atoms. The maximum absolute atomic E-state index is 11.3. The van der Waals surface area contributed by atoms with Gasteiger partial charge in [-0.1, -0.05) is 6.58 Å². The van der Waals surface area contributed by atoms with Crippen LogP contribution in [0.2, 0.25) is 0 Å². The van der Waals surface area contributed by atoms with Gasteiger partial charge in [0.15, 0.2) is 0 Å². The number of aryl methyl sites for hydroxylation is 2. The van der Waals surface area contributed by atoms with Gasteiger partial charge in [0.2, 0.25) is 5.91 Å². The first-order valence-electron chi connectivity index (χ1n) is 5.34. The van der Waals surface area contributed by atoms with Gasteiger partial charge < -0.3 is 4.90 Å². The monoisotopic (exact) mass is 221 g/mol. The summed E-state index contributed by atoms with van der Waals surface area (Å²) in [6.07, 6.45) is 2.17. The first-order valence-corrected chi connectivity index (χ1v) is 5.34. The molecule has 0 aliphatic carbocycles. The average Bonchev–Trinajstić information content (AvgIpc) is 2.49. The Bertz CT molecular complexity index is 407. The average molecular weight is 221 g/mol. The van der Waals surface area contributed by atoms with Crippen LogP contribution in [0.15, 0.2) is 12.7 Å². The van der Waals surface area contributed by atoms with E-state index >= 15 is 0 Å². The van der Waals surface area contributed by atoms with Crippen LogP contribution in [0.1, 0.15) is 17.0 Å². The van der Waals surface area contributed by atoms with Crippen molar-refractivity contribution in [3.63, 3.8) is 0 Å². The summed E-state index contributed by atoms with van der Waals surface area (Å²) >= 11 is 0. The van der Waals surface area contributed by atoms with Gasteiger partial charge in [0, 0.05) is 26.3 Å². The summed E-state index contributed by atoms with van der Waals surface area (Å²) in [4.78, 5) is 13.0. The van der Waals surface area contributed by atoms with Gasteiger partial charge in [-0.25, -0.2) is 0 Å². The van der Waals surface area contributed by atoms with Crippen LogP contribution in [0, 0.1) is 13.8 Å². The van der Waals surface area contributed by atoms with Crippen molar-refractivity contribution in [2.24, 2.45) is 7.05 Å². The third-order valence-corrected chi connectivity index (χ3v) is 2.91. The van der Waals surface area contributed by atoms with Crippen molar-refractivity contribution >= 4 is 5.91 Å². The summed E-state index contributed by atoms with van der Waals surface area (Å²) in [5, 5.41) is 4.35. The van der Waals surface area contributed by atoms with E-state index in [4.69, 9.17) is 0 Å². The zero-order chi connectivity index (χ0) is 12.3. The lowest BCUT2D eigenvalue weighted by molar-refractivity contribution is -0.124. The number of likely N-dealkylation sites (N-methyl/N-ethyl adjacent to an activating group) is 1. The van der Waals surface area contributed by atoms with E-state index in [-0.39, 0.29) is 5.91 Å². The highest BCUT2D eigenvalue weighted by Crippen LogP contribution is 2.12. The Morgan fingerprint density at radius 1 is 1.56 bits per heavy atom. The van der Waals surface area contributed by atoms with E-state index in [2.05, 4.69) is 11.7 Å². The molecule has 0 unspecified atom stereocenters. The summed E-state index contributed by atoms with van der Waals surface area (Å²) < 4.78 is 1.87. The van der Waals surface area contributed by atoms with Crippen molar-refractivity contribution in [1.82, 2.24) is 14.7 Å². The highest BCUT2D eigenvalue weighted by atomic mass is 16.2. The number of carbonyl (C=O) groups excluding carboxylic acids is 1. The summed E-state index contributed by atoms with van der Waals surface area (Å²) in [6, 6.07) is 0. The molecule has 16 heavy (non-hydrogen) atoms. The Balaban J connectivity index is 2.68. The topological polar surface area (TPSA) is 38.1 Å². The molecule has 4 heteroatoms. The van der Waals surface area contributed by atoms with Gasteiger partial charge in [0.05, 0.1) is 5.69 Å². The molecule has 1 amide bonds. The zero-order valence-electron chi connectivity index (χ0n) is 10.4. The molecule has 88 valence electrons. The van der Waals surface area contributed by atoms with Crippen LogP contribution in [0.25, 0.3) is 0 Å².